The van der Waals surface area contributed by atoms with Gasteiger partial charge in [0, 0.05) is 11.3 Å². The highest BCUT2D eigenvalue weighted by Gasteiger charge is 2.10. The first-order valence-corrected chi connectivity index (χ1v) is 6.75. The molecule has 0 fully saturated rings. The fraction of sp³-hybridized carbons (Fsp3) is 0.200. The van der Waals surface area contributed by atoms with Gasteiger partial charge in [-0.1, -0.05) is 18.2 Å². The Kier molecular flexibility index (Phi) is 4.43. The Morgan fingerprint density at radius 2 is 1.95 bits per heavy atom. The summed E-state index contributed by atoms with van der Waals surface area (Å²) in [6, 6.07) is 12.3. The van der Waals surface area contributed by atoms with E-state index < -0.39 is 0 Å². The smallest absolute Gasteiger partial charge is 0.133 e. The average Bonchev–Trinajstić information content (AvgIpc) is 2.39. The van der Waals surface area contributed by atoms with Gasteiger partial charge < -0.3 is 10.1 Å². The summed E-state index contributed by atoms with van der Waals surface area (Å²) >= 11 is 3.43. The molecular formula is C15H15BrFNO. The second-order valence-electron chi connectivity index (χ2n) is 4.24. The third-order valence-electron chi connectivity index (χ3n) is 2.91. The Bertz CT molecular complexity index is 574. The Morgan fingerprint density at radius 3 is 2.58 bits per heavy atom. The lowest BCUT2D eigenvalue weighted by molar-refractivity contribution is 0.412. The average molecular weight is 324 g/mol. The summed E-state index contributed by atoms with van der Waals surface area (Å²) in [5, 5.41) is 3.27. The van der Waals surface area contributed by atoms with Crippen molar-refractivity contribution in [2.45, 2.75) is 13.0 Å². The molecule has 0 saturated carbocycles. The molecule has 0 saturated heterocycles. The lowest BCUT2D eigenvalue weighted by Gasteiger charge is -2.17. The van der Waals surface area contributed by atoms with E-state index in [4.69, 9.17) is 4.74 Å². The van der Waals surface area contributed by atoms with Crippen molar-refractivity contribution in [1.82, 2.24) is 0 Å². The minimum Gasteiger partial charge on any atom is -0.496 e. The molecule has 0 aliphatic heterocycles. The first kappa shape index (κ1) is 13.9. The van der Waals surface area contributed by atoms with Gasteiger partial charge in [-0.15, -0.1) is 0 Å². The van der Waals surface area contributed by atoms with E-state index in [1.54, 1.807) is 19.2 Å². The molecule has 0 amide bonds. The SMILES string of the molecule is COc1ccc(NC(C)c2ccccc2F)cc1Br. The maximum atomic E-state index is 13.7. The van der Waals surface area contributed by atoms with Crippen LogP contribution < -0.4 is 10.1 Å². The molecule has 2 nitrogen and oxygen atoms in total. The molecule has 0 spiro atoms. The molecule has 1 N–H and O–H groups in total. The predicted molar refractivity (Wildman–Crippen MR) is 79.1 cm³/mol. The number of methoxy groups -OCH3 is 1. The highest BCUT2D eigenvalue weighted by Crippen LogP contribution is 2.29. The largest absolute Gasteiger partial charge is 0.496 e. The van der Waals surface area contributed by atoms with Crippen molar-refractivity contribution in [2.75, 3.05) is 12.4 Å². The van der Waals surface area contributed by atoms with E-state index in [-0.39, 0.29) is 11.9 Å². The molecule has 1 atom stereocenters. The molecule has 0 aliphatic carbocycles. The zero-order valence-electron chi connectivity index (χ0n) is 10.8. The summed E-state index contributed by atoms with van der Waals surface area (Å²) in [6.45, 7) is 1.93. The summed E-state index contributed by atoms with van der Waals surface area (Å²) in [7, 11) is 1.62. The van der Waals surface area contributed by atoms with Crippen molar-refractivity contribution >= 4 is 21.6 Å². The van der Waals surface area contributed by atoms with Crippen LogP contribution in [0.2, 0.25) is 0 Å². The molecule has 1 unspecified atom stereocenters. The van der Waals surface area contributed by atoms with E-state index in [9.17, 15) is 4.39 Å². The molecule has 2 aromatic carbocycles. The van der Waals surface area contributed by atoms with Gasteiger partial charge in [0.2, 0.25) is 0 Å². The lowest BCUT2D eigenvalue weighted by atomic mass is 10.1. The van der Waals surface area contributed by atoms with E-state index in [2.05, 4.69) is 21.2 Å². The maximum absolute atomic E-state index is 13.7. The summed E-state index contributed by atoms with van der Waals surface area (Å²) in [4.78, 5) is 0. The van der Waals surface area contributed by atoms with Crippen LogP contribution >= 0.6 is 15.9 Å². The zero-order valence-corrected chi connectivity index (χ0v) is 12.4. The zero-order chi connectivity index (χ0) is 13.8. The van der Waals surface area contributed by atoms with E-state index in [1.807, 2.05) is 31.2 Å². The van der Waals surface area contributed by atoms with Gasteiger partial charge in [-0.25, -0.2) is 4.39 Å². The van der Waals surface area contributed by atoms with Crippen LogP contribution in [0.5, 0.6) is 5.75 Å². The highest BCUT2D eigenvalue weighted by molar-refractivity contribution is 9.10. The van der Waals surface area contributed by atoms with Crippen molar-refractivity contribution in [3.05, 3.63) is 58.3 Å². The quantitative estimate of drug-likeness (QED) is 0.875. The second kappa shape index (κ2) is 6.06. The number of benzene rings is 2. The summed E-state index contributed by atoms with van der Waals surface area (Å²) in [6.07, 6.45) is 0. The Hall–Kier alpha value is -1.55. The van der Waals surface area contributed by atoms with Crippen LogP contribution in [0.25, 0.3) is 0 Å². The number of anilines is 1. The summed E-state index contributed by atoms with van der Waals surface area (Å²) in [5.74, 6) is 0.569. The van der Waals surface area contributed by atoms with Gasteiger partial charge in [0.05, 0.1) is 17.6 Å². The van der Waals surface area contributed by atoms with Gasteiger partial charge in [-0.05, 0) is 47.1 Å². The topological polar surface area (TPSA) is 21.3 Å². The molecule has 0 heterocycles. The number of rotatable bonds is 4. The van der Waals surface area contributed by atoms with Crippen molar-refractivity contribution < 1.29 is 9.13 Å². The van der Waals surface area contributed by atoms with Crippen molar-refractivity contribution in [2.24, 2.45) is 0 Å². The Morgan fingerprint density at radius 1 is 1.21 bits per heavy atom. The van der Waals surface area contributed by atoms with E-state index in [0.29, 0.717) is 5.56 Å². The minimum atomic E-state index is -0.199. The third kappa shape index (κ3) is 3.26. The fourth-order valence-corrected chi connectivity index (χ4v) is 2.45. The normalized spacial score (nSPS) is 12.0. The molecule has 4 heteroatoms. The lowest BCUT2D eigenvalue weighted by Crippen LogP contribution is -2.08. The van der Waals surface area contributed by atoms with Gasteiger partial charge in [0.25, 0.3) is 0 Å². The minimum absolute atomic E-state index is 0.110. The Labute approximate surface area is 120 Å². The summed E-state index contributed by atoms with van der Waals surface area (Å²) < 4.78 is 19.7. The fourth-order valence-electron chi connectivity index (χ4n) is 1.91. The van der Waals surface area contributed by atoms with Gasteiger partial charge >= 0.3 is 0 Å². The van der Waals surface area contributed by atoms with Crippen LogP contribution in [-0.4, -0.2) is 7.11 Å². The van der Waals surface area contributed by atoms with Gasteiger partial charge in [-0.3, -0.25) is 0 Å². The predicted octanol–water partition coefficient (Wildman–Crippen LogP) is 4.77. The number of ether oxygens (including phenoxy) is 1. The van der Waals surface area contributed by atoms with Crippen molar-refractivity contribution in [1.29, 1.82) is 0 Å². The third-order valence-corrected chi connectivity index (χ3v) is 3.53. The monoisotopic (exact) mass is 323 g/mol. The van der Waals surface area contributed by atoms with Crippen LogP contribution in [0.15, 0.2) is 46.9 Å². The van der Waals surface area contributed by atoms with Gasteiger partial charge in [-0.2, -0.15) is 0 Å². The van der Waals surface area contributed by atoms with E-state index in [0.717, 1.165) is 15.9 Å². The molecule has 0 aliphatic rings. The first-order valence-electron chi connectivity index (χ1n) is 5.96. The molecule has 100 valence electrons. The number of hydrogen-bond donors (Lipinski definition) is 1. The molecule has 0 aromatic heterocycles. The molecule has 2 rings (SSSR count). The Balaban J connectivity index is 2.17. The van der Waals surface area contributed by atoms with Gasteiger partial charge in [0.15, 0.2) is 0 Å². The number of hydrogen-bond acceptors (Lipinski definition) is 2. The van der Waals surface area contributed by atoms with Crippen LogP contribution in [0.1, 0.15) is 18.5 Å². The van der Waals surface area contributed by atoms with E-state index in [1.165, 1.54) is 6.07 Å². The molecular weight excluding hydrogens is 309 g/mol. The highest BCUT2D eigenvalue weighted by atomic mass is 79.9. The van der Waals surface area contributed by atoms with E-state index >= 15 is 0 Å². The maximum Gasteiger partial charge on any atom is 0.133 e. The van der Waals surface area contributed by atoms with Gasteiger partial charge in [0.1, 0.15) is 11.6 Å². The van der Waals surface area contributed by atoms with Crippen molar-refractivity contribution in [3.8, 4) is 5.75 Å². The van der Waals surface area contributed by atoms with Crippen molar-refractivity contribution in [3.63, 3.8) is 0 Å². The van der Waals surface area contributed by atoms with Crippen LogP contribution in [0, 0.1) is 5.82 Å². The first-order chi connectivity index (χ1) is 9.11. The molecule has 0 bridgehead atoms. The summed E-state index contributed by atoms with van der Waals surface area (Å²) in [5.41, 5.74) is 1.55. The van der Waals surface area contributed by atoms with Crippen LogP contribution in [0.3, 0.4) is 0 Å². The van der Waals surface area contributed by atoms with Crippen LogP contribution in [-0.2, 0) is 0 Å². The second-order valence-corrected chi connectivity index (χ2v) is 5.09. The standard InChI is InChI=1S/C15H15BrFNO/c1-10(12-5-3-4-6-14(12)17)18-11-7-8-15(19-2)13(16)9-11/h3-10,18H,1-2H3. The molecule has 2 aromatic rings. The number of nitrogens with one attached hydrogen (secondary N) is 1. The molecule has 0 radical (unpaired) electrons. The van der Waals surface area contributed by atoms with Crippen LogP contribution in [0.4, 0.5) is 10.1 Å². The molecule has 19 heavy (non-hydrogen) atoms. The number of halogens is 2.